The number of aldehydes is 1. The van der Waals surface area contributed by atoms with Crippen LogP contribution in [0.4, 0.5) is 22.7 Å². The van der Waals surface area contributed by atoms with Crippen molar-refractivity contribution in [2.45, 2.75) is 143 Å². The summed E-state index contributed by atoms with van der Waals surface area (Å²) in [6.45, 7) is 18.6. The number of amides is 2. The molecule has 380 valence electrons. The maximum absolute atomic E-state index is 13.3. The lowest BCUT2D eigenvalue weighted by atomic mass is 9.84. The third kappa shape index (κ3) is 11.9. The van der Waals surface area contributed by atoms with Crippen LogP contribution >= 0.6 is 0 Å². The Balaban J connectivity index is 0.000000181. The van der Waals surface area contributed by atoms with Gasteiger partial charge in [0.2, 0.25) is 25.4 Å². The molecule has 15 heteroatoms. The predicted molar refractivity (Wildman–Crippen MR) is 273 cm³/mol. The summed E-state index contributed by atoms with van der Waals surface area (Å²) in [5, 5.41) is 26.9. The normalized spacial score (nSPS) is 18.6. The lowest BCUT2D eigenvalue weighted by Crippen LogP contribution is -2.42. The van der Waals surface area contributed by atoms with Gasteiger partial charge < -0.3 is 54.8 Å². The Kier molecular flexibility index (Phi) is 15.6. The summed E-state index contributed by atoms with van der Waals surface area (Å²) in [6, 6.07) is 24.6. The van der Waals surface area contributed by atoms with Gasteiger partial charge >= 0.3 is 11.9 Å². The van der Waals surface area contributed by atoms with E-state index < -0.39 is 22.8 Å². The third-order valence-corrected chi connectivity index (χ3v) is 14.1. The van der Waals surface area contributed by atoms with E-state index in [9.17, 15) is 24.0 Å². The average Bonchev–Trinajstić information content (AvgIpc) is 4.06. The van der Waals surface area contributed by atoms with E-state index in [0.29, 0.717) is 31.0 Å². The monoisotopic (exact) mass is 975 g/mol. The van der Waals surface area contributed by atoms with Gasteiger partial charge in [-0.15, -0.1) is 0 Å². The Morgan fingerprint density at radius 2 is 1.17 bits per heavy atom. The molecule has 2 unspecified atom stereocenters. The molecule has 0 aromatic heterocycles. The molecule has 71 heavy (non-hydrogen) atoms. The molecule has 5 N–H and O–H groups in total. The van der Waals surface area contributed by atoms with Crippen LogP contribution in [0, 0.1) is 10.8 Å². The Morgan fingerprint density at radius 1 is 0.662 bits per heavy atom. The minimum atomic E-state index is -0.924. The number of rotatable bonds is 13. The van der Waals surface area contributed by atoms with Gasteiger partial charge in [-0.2, -0.15) is 0 Å². The highest BCUT2D eigenvalue weighted by Crippen LogP contribution is 2.53. The van der Waals surface area contributed by atoms with Crippen LogP contribution in [0.2, 0.25) is 0 Å². The summed E-state index contributed by atoms with van der Waals surface area (Å²) in [4.78, 5) is 58.9. The first-order chi connectivity index (χ1) is 33.8. The van der Waals surface area contributed by atoms with Crippen LogP contribution in [0.25, 0.3) is 0 Å². The van der Waals surface area contributed by atoms with E-state index in [1.807, 2.05) is 62.4 Å². The number of anilines is 4. The highest BCUT2D eigenvalue weighted by Gasteiger charge is 2.53. The van der Waals surface area contributed by atoms with Gasteiger partial charge in [0.15, 0.2) is 23.0 Å². The van der Waals surface area contributed by atoms with Crippen molar-refractivity contribution in [2.75, 3.05) is 41.0 Å². The minimum absolute atomic E-state index is 0.00926. The molecule has 0 bridgehead atoms. The van der Waals surface area contributed by atoms with Crippen LogP contribution in [-0.4, -0.2) is 72.5 Å². The van der Waals surface area contributed by atoms with Crippen LogP contribution in [0.3, 0.4) is 0 Å². The number of carbonyl (C=O) groups excluding carboxylic acids is 3. The number of carboxylic acids is 2. The zero-order valence-electron chi connectivity index (χ0n) is 42.4. The maximum Gasteiger partial charge on any atom is 0.303 e. The largest absolute Gasteiger partial charge is 0.481 e. The number of carboxylic acid groups (broad SMARTS) is 2. The second kappa shape index (κ2) is 21.3. The lowest BCUT2D eigenvalue weighted by Gasteiger charge is -2.37. The molecule has 6 aliphatic rings. The molecule has 0 saturated heterocycles. The summed E-state index contributed by atoms with van der Waals surface area (Å²) in [5.41, 5.74) is 7.69. The van der Waals surface area contributed by atoms with Crippen molar-refractivity contribution in [1.29, 1.82) is 0 Å². The summed E-state index contributed by atoms with van der Waals surface area (Å²) in [6.07, 6.45) is 6.64. The number of aliphatic carboxylic acids is 2. The number of nitrogens with one attached hydrogen (secondary N) is 3. The number of benzene rings is 4. The number of ether oxygens (including phenoxy) is 4. The van der Waals surface area contributed by atoms with Crippen molar-refractivity contribution < 1.29 is 53.1 Å². The molecular weight excluding hydrogens is 905 g/mol. The fraction of sp³-hybridized carbons (Fsp3) is 0.482. The molecule has 2 atom stereocenters. The molecule has 2 saturated carbocycles. The van der Waals surface area contributed by atoms with Crippen LogP contribution in [0.1, 0.15) is 129 Å². The van der Waals surface area contributed by atoms with Crippen LogP contribution < -0.4 is 39.8 Å². The molecule has 10 rings (SSSR count). The third-order valence-electron chi connectivity index (χ3n) is 14.1. The summed E-state index contributed by atoms with van der Waals surface area (Å²) in [7, 11) is 0. The van der Waals surface area contributed by atoms with Crippen LogP contribution in [0.5, 0.6) is 23.0 Å². The fourth-order valence-electron chi connectivity index (χ4n) is 9.62. The Hall–Kier alpha value is -6.77. The van der Waals surface area contributed by atoms with E-state index in [1.165, 1.54) is 16.8 Å². The quantitative estimate of drug-likeness (QED) is 0.0793. The standard InChI is InChI=1S/C27H32N2O5.C23H26N2O3.C4H6O3.C2H6/c1-26(2,3)23-14-17-13-19(7-8-20(17)29(23)12-4-5-24(30)31)28-25(32)27(10-11-27)18-6-9-21-22(15-18)34-16-33-21;1-22(2,3)20-11-14-10-16(5-6-17(14)25-20)24-21(26)23(8-9-23)15-4-7-18-19(12-15)28-13-27-18;5-3-1-2-4(6)7;1-2/h6-9,13,15,23H,4-5,10-12,14,16H2,1-3H3,(H,28,32)(H,30,31);4-7,10,12,20,25H,8-9,11,13H2,1-3H3,(H,24,26);3H,1-2H2,(H,6,7);1-2H3. The second-order valence-corrected chi connectivity index (χ2v) is 21.1. The molecule has 4 aromatic carbocycles. The van der Waals surface area contributed by atoms with Crippen molar-refractivity contribution in [2.24, 2.45) is 10.8 Å². The molecule has 4 heterocycles. The molecule has 0 radical (unpaired) electrons. The highest BCUT2D eigenvalue weighted by molar-refractivity contribution is 6.02. The molecule has 2 fully saturated rings. The van der Waals surface area contributed by atoms with E-state index >= 15 is 0 Å². The smallest absolute Gasteiger partial charge is 0.303 e. The second-order valence-electron chi connectivity index (χ2n) is 21.1. The van der Waals surface area contributed by atoms with Gasteiger partial charge in [-0.3, -0.25) is 19.2 Å². The fourth-order valence-corrected chi connectivity index (χ4v) is 9.62. The van der Waals surface area contributed by atoms with Gasteiger partial charge in [-0.1, -0.05) is 67.5 Å². The molecule has 4 aliphatic heterocycles. The first-order valence-electron chi connectivity index (χ1n) is 24.9. The van der Waals surface area contributed by atoms with Crippen molar-refractivity contribution in [3.63, 3.8) is 0 Å². The molecule has 15 nitrogen and oxygen atoms in total. The maximum atomic E-state index is 13.3. The van der Waals surface area contributed by atoms with E-state index in [2.05, 4.69) is 86.7 Å². The van der Waals surface area contributed by atoms with Crippen molar-refractivity contribution in [1.82, 2.24) is 0 Å². The van der Waals surface area contributed by atoms with E-state index in [1.54, 1.807) is 0 Å². The summed E-state index contributed by atoms with van der Waals surface area (Å²) >= 11 is 0. The van der Waals surface area contributed by atoms with E-state index in [4.69, 9.17) is 29.2 Å². The number of carbonyl (C=O) groups is 5. The molecule has 4 aromatic rings. The first-order valence-corrected chi connectivity index (χ1v) is 24.9. The lowest BCUT2D eigenvalue weighted by molar-refractivity contribution is -0.138. The van der Waals surface area contributed by atoms with Gasteiger partial charge in [0.05, 0.1) is 17.3 Å². The number of hydrogen-bond donors (Lipinski definition) is 5. The van der Waals surface area contributed by atoms with Crippen LogP contribution in [0.15, 0.2) is 72.8 Å². The molecule has 0 spiro atoms. The van der Waals surface area contributed by atoms with Gasteiger partial charge in [-0.25, -0.2) is 0 Å². The molecule has 2 aliphatic carbocycles. The number of nitrogens with zero attached hydrogens (tertiary/aromatic N) is 1. The zero-order chi connectivity index (χ0) is 51.3. The average molecular weight is 975 g/mol. The van der Waals surface area contributed by atoms with Crippen molar-refractivity contribution >= 4 is 52.8 Å². The first kappa shape index (κ1) is 52.1. The SMILES string of the molecule is CC.CC(C)(C)C1Cc2cc(NC(=O)C3(c4ccc5c(c4)OCO5)CC3)ccc2N1.CC(C)(C)C1Cc2cc(NC(=O)C3(c4ccc5c(c4)OCO5)CC3)ccc2N1CCCC(=O)O.O=CCCC(=O)O. The number of hydrogen-bond acceptors (Lipinski definition) is 11. The van der Waals surface area contributed by atoms with Crippen molar-refractivity contribution in [3.8, 4) is 23.0 Å². The minimum Gasteiger partial charge on any atom is -0.481 e. The van der Waals surface area contributed by atoms with Gasteiger partial charge in [0.25, 0.3) is 0 Å². The predicted octanol–water partition coefficient (Wildman–Crippen LogP) is 10.3. The molecular formula is C56H70N4O11. The van der Waals surface area contributed by atoms with Crippen molar-refractivity contribution in [3.05, 3.63) is 95.1 Å². The molecule has 2 amide bonds. The van der Waals surface area contributed by atoms with E-state index in [0.717, 1.165) is 84.0 Å². The van der Waals surface area contributed by atoms with Gasteiger partial charge in [0, 0.05) is 54.2 Å². The Labute approximate surface area is 417 Å². The zero-order valence-corrected chi connectivity index (χ0v) is 42.4. The van der Waals surface area contributed by atoms with Gasteiger partial charge in [0.1, 0.15) is 6.29 Å². The highest BCUT2D eigenvalue weighted by atomic mass is 16.7. The summed E-state index contributed by atoms with van der Waals surface area (Å²) < 4.78 is 21.8. The number of fused-ring (bicyclic) bond motifs is 4. The van der Waals surface area contributed by atoms with E-state index in [-0.39, 0.29) is 61.5 Å². The van der Waals surface area contributed by atoms with Crippen LogP contribution in [-0.2, 0) is 47.6 Å². The topological polar surface area (TPSA) is 202 Å². The Bertz CT molecular complexity index is 2620. The van der Waals surface area contributed by atoms with Gasteiger partial charge in [-0.05, 0) is 139 Å². The Morgan fingerprint density at radius 3 is 1.63 bits per heavy atom. The summed E-state index contributed by atoms with van der Waals surface area (Å²) in [5.74, 6) is 1.28.